The predicted molar refractivity (Wildman–Crippen MR) is 67.9 cm³/mol. The second-order valence-corrected chi connectivity index (χ2v) is 3.97. The average molecular weight is 247 g/mol. The zero-order chi connectivity index (χ0) is 13.1. The van der Waals surface area contributed by atoms with Crippen molar-refractivity contribution in [2.24, 2.45) is 0 Å². The van der Waals surface area contributed by atoms with Gasteiger partial charge in [-0.15, -0.1) is 0 Å². The summed E-state index contributed by atoms with van der Waals surface area (Å²) in [5, 5.41) is 10.1. The van der Waals surface area contributed by atoms with Crippen LogP contribution in [0.2, 0.25) is 0 Å². The maximum Gasteiger partial charge on any atom is 0.165 e. The van der Waals surface area contributed by atoms with Gasteiger partial charge in [-0.3, -0.25) is 0 Å². The Morgan fingerprint density at radius 3 is 2.50 bits per heavy atom. The van der Waals surface area contributed by atoms with E-state index in [0.29, 0.717) is 16.8 Å². The lowest BCUT2D eigenvalue weighted by Gasteiger charge is -2.13. The molecule has 2 aromatic carbocycles. The molecule has 0 fully saturated rings. The van der Waals surface area contributed by atoms with E-state index in [1.165, 1.54) is 19.2 Å². The molecule has 0 aliphatic heterocycles. The van der Waals surface area contributed by atoms with Crippen molar-refractivity contribution < 1.29 is 14.2 Å². The molecule has 0 spiro atoms. The number of hydrogen-bond donors (Lipinski definition) is 2. The fraction of sp³-hybridized carbons (Fsp3) is 0.143. The van der Waals surface area contributed by atoms with E-state index in [-0.39, 0.29) is 5.75 Å². The Morgan fingerprint density at radius 1 is 1.17 bits per heavy atom. The van der Waals surface area contributed by atoms with Crippen molar-refractivity contribution in [1.82, 2.24) is 0 Å². The average Bonchev–Trinajstić information content (AvgIpc) is 2.37. The lowest BCUT2D eigenvalue weighted by atomic mass is 10.0. The SMILES string of the molecule is COc1ccc(C(O)c2cccc(N)c2)cc1F. The molecule has 1 unspecified atom stereocenters. The molecular weight excluding hydrogens is 233 g/mol. The van der Waals surface area contributed by atoms with Crippen LogP contribution in [-0.2, 0) is 0 Å². The normalized spacial score (nSPS) is 12.2. The van der Waals surface area contributed by atoms with Crippen LogP contribution in [-0.4, -0.2) is 12.2 Å². The molecule has 3 N–H and O–H groups in total. The Labute approximate surface area is 105 Å². The molecule has 18 heavy (non-hydrogen) atoms. The van der Waals surface area contributed by atoms with Gasteiger partial charge in [0.2, 0.25) is 0 Å². The van der Waals surface area contributed by atoms with Crippen LogP contribution in [0, 0.1) is 5.82 Å². The number of rotatable bonds is 3. The van der Waals surface area contributed by atoms with E-state index < -0.39 is 11.9 Å². The summed E-state index contributed by atoms with van der Waals surface area (Å²) in [6.07, 6.45) is -0.908. The molecule has 2 aromatic rings. The summed E-state index contributed by atoms with van der Waals surface area (Å²) in [5.74, 6) is -0.350. The Bertz CT molecular complexity index is 557. The molecule has 0 aliphatic carbocycles. The summed E-state index contributed by atoms with van der Waals surface area (Å²) in [4.78, 5) is 0. The van der Waals surface area contributed by atoms with E-state index in [1.807, 2.05) is 0 Å². The number of anilines is 1. The molecule has 0 saturated heterocycles. The third-order valence-electron chi connectivity index (χ3n) is 2.72. The van der Waals surface area contributed by atoms with Crippen LogP contribution >= 0.6 is 0 Å². The van der Waals surface area contributed by atoms with Gasteiger partial charge in [0.25, 0.3) is 0 Å². The van der Waals surface area contributed by atoms with Gasteiger partial charge in [0.1, 0.15) is 6.10 Å². The van der Waals surface area contributed by atoms with Gasteiger partial charge in [-0.05, 0) is 35.4 Å². The molecule has 0 radical (unpaired) electrons. The van der Waals surface area contributed by atoms with Crippen molar-refractivity contribution >= 4 is 5.69 Å². The van der Waals surface area contributed by atoms with Crippen molar-refractivity contribution in [2.75, 3.05) is 12.8 Å². The number of halogens is 1. The first-order valence-corrected chi connectivity index (χ1v) is 5.48. The van der Waals surface area contributed by atoms with Gasteiger partial charge in [-0.1, -0.05) is 18.2 Å². The maximum atomic E-state index is 13.5. The molecule has 1 atom stereocenters. The monoisotopic (exact) mass is 247 g/mol. The molecule has 0 amide bonds. The zero-order valence-corrected chi connectivity index (χ0v) is 9.93. The largest absolute Gasteiger partial charge is 0.494 e. The molecule has 2 rings (SSSR count). The minimum Gasteiger partial charge on any atom is -0.494 e. The summed E-state index contributed by atoms with van der Waals surface area (Å²) in [6, 6.07) is 11.2. The number of aliphatic hydroxyl groups excluding tert-OH is 1. The summed E-state index contributed by atoms with van der Waals surface area (Å²) < 4.78 is 18.4. The van der Waals surface area contributed by atoms with Gasteiger partial charge in [-0.2, -0.15) is 0 Å². The van der Waals surface area contributed by atoms with E-state index in [9.17, 15) is 9.50 Å². The second-order valence-electron chi connectivity index (χ2n) is 3.97. The summed E-state index contributed by atoms with van der Waals surface area (Å²) >= 11 is 0. The third-order valence-corrected chi connectivity index (χ3v) is 2.72. The highest BCUT2D eigenvalue weighted by Gasteiger charge is 2.13. The Kier molecular flexibility index (Phi) is 3.48. The summed E-state index contributed by atoms with van der Waals surface area (Å²) in [5.41, 5.74) is 7.28. The molecule has 4 heteroatoms. The summed E-state index contributed by atoms with van der Waals surface area (Å²) in [6.45, 7) is 0. The minimum absolute atomic E-state index is 0.151. The zero-order valence-electron chi connectivity index (χ0n) is 9.93. The van der Waals surface area contributed by atoms with Gasteiger partial charge >= 0.3 is 0 Å². The van der Waals surface area contributed by atoms with Crippen LogP contribution in [0.15, 0.2) is 42.5 Å². The molecule has 0 heterocycles. The first-order chi connectivity index (χ1) is 8.61. The molecule has 0 saturated carbocycles. The van der Waals surface area contributed by atoms with E-state index in [4.69, 9.17) is 10.5 Å². The fourth-order valence-corrected chi connectivity index (χ4v) is 1.77. The van der Waals surface area contributed by atoms with Gasteiger partial charge in [-0.25, -0.2) is 4.39 Å². The number of methoxy groups -OCH3 is 1. The van der Waals surface area contributed by atoms with E-state index in [1.54, 1.807) is 30.3 Å². The second kappa shape index (κ2) is 5.06. The molecular formula is C14H14FNO2. The van der Waals surface area contributed by atoms with Gasteiger partial charge in [0, 0.05) is 5.69 Å². The summed E-state index contributed by atoms with van der Waals surface area (Å²) in [7, 11) is 1.40. The van der Waals surface area contributed by atoms with Crippen LogP contribution in [0.1, 0.15) is 17.2 Å². The number of benzene rings is 2. The highest BCUT2D eigenvalue weighted by molar-refractivity contribution is 5.44. The van der Waals surface area contributed by atoms with Crippen LogP contribution in [0.3, 0.4) is 0 Å². The first-order valence-electron chi connectivity index (χ1n) is 5.48. The molecule has 0 aliphatic rings. The first kappa shape index (κ1) is 12.4. The highest BCUT2D eigenvalue weighted by Crippen LogP contribution is 2.27. The lowest BCUT2D eigenvalue weighted by molar-refractivity contribution is 0.219. The Hall–Kier alpha value is -2.07. The smallest absolute Gasteiger partial charge is 0.165 e. The van der Waals surface area contributed by atoms with Gasteiger partial charge < -0.3 is 15.6 Å². The highest BCUT2D eigenvalue weighted by atomic mass is 19.1. The van der Waals surface area contributed by atoms with Crippen LogP contribution in [0.25, 0.3) is 0 Å². The molecule has 94 valence electrons. The molecule has 3 nitrogen and oxygen atoms in total. The number of aliphatic hydroxyl groups is 1. The van der Waals surface area contributed by atoms with Crippen LogP contribution in [0.5, 0.6) is 5.75 Å². The van der Waals surface area contributed by atoms with Crippen molar-refractivity contribution in [3.8, 4) is 5.75 Å². The third kappa shape index (κ3) is 2.43. The fourth-order valence-electron chi connectivity index (χ4n) is 1.77. The van der Waals surface area contributed by atoms with Crippen molar-refractivity contribution in [1.29, 1.82) is 0 Å². The quantitative estimate of drug-likeness (QED) is 0.819. The number of nitrogens with two attached hydrogens (primary N) is 1. The Morgan fingerprint density at radius 2 is 1.89 bits per heavy atom. The molecule has 0 aromatic heterocycles. The van der Waals surface area contributed by atoms with Crippen molar-refractivity contribution in [3.05, 3.63) is 59.4 Å². The number of hydrogen-bond acceptors (Lipinski definition) is 3. The number of ether oxygens (including phenoxy) is 1. The van der Waals surface area contributed by atoms with E-state index in [0.717, 1.165) is 0 Å². The van der Waals surface area contributed by atoms with Gasteiger partial charge in [0.05, 0.1) is 7.11 Å². The van der Waals surface area contributed by atoms with Gasteiger partial charge in [0.15, 0.2) is 11.6 Å². The van der Waals surface area contributed by atoms with Crippen LogP contribution in [0.4, 0.5) is 10.1 Å². The topological polar surface area (TPSA) is 55.5 Å². The molecule has 0 bridgehead atoms. The minimum atomic E-state index is -0.908. The van der Waals surface area contributed by atoms with Crippen LogP contribution < -0.4 is 10.5 Å². The maximum absolute atomic E-state index is 13.5. The van der Waals surface area contributed by atoms with Crippen molar-refractivity contribution in [3.63, 3.8) is 0 Å². The van der Waals surface area contributed by atoms with E-state index >= 15 is 0 Å². The standard InChI is InChI=1S/C14H14FNO2/c1-18-13-6-5-10(8-12(13)15)14(17)9-3-2-4-11(16)7-9/h2-8,14,17H,16H2,1H3. The predicted octanol–water partition coefficient (Wildman–Crippen LogP) is 2.50. The lowest BCUT2D eigenvalue weighted by Crippen LogP contribution is -2.01. The van der Waals surface area contributed by atoms with E-state index in [2.05, 4.69) is 0 Å². The number of nitrogen functional groups attached to an aromatic ring is 1. The Balaban J connectivity index is 2.34. The van der Waals surface area contributed by atoms with Crippen molar-refractivity contribution in [2.45, 2.75) is 6.10 Å².